The van der Waals surface area contributed by atoms with Crippen molar-refractivity contribution in [3.8, 4) is 11.5 Å². The molecule has 0 saturated heterocycles. The summed E-state index contributed by atoms with van der Waals surface area (Å²) in [5.74, 6) is 1.68. The summed E-state index contributed by atoms with van der Waals surface area (Å²) >= 11 is 3.55. The number of benzene rings is 1. The van der Waals surface area contributed by atoms with E-state index in [4.69, 9.17) is 15.2 Å². The Morgan fingerprint density at radius 3 is 2.37 bits per heavy atom. The molecule has 3 rings (SSSR count). The van der Waals surface area contributed by atoms with Gasteiger partial charge in [-0.3, -0.25) is 0 Å². The van der Waals surface area contributed by atoms with Crippen LogP contribution >= 0.6 is 15.9 Å². The third-order valence-electron chi connectivity index (χ3n) is 4.13. The van der Waals surface area contributed by atoms with Crippen LogP contribution < -0.4 is 15.2 Å². The number of ether oxygens (including phenoxy) is 2. The lowest BCUT2D eigenvalue weighted by atomic mass is 9.77. The molecule has 0 atom stereocenters. The smallest absolute Gasteiger partial charge is 0.175 e. The van der Waals surface area contributed by atoms with Crippen LogP contribution in [0.15, 0.2) is 16.6 Å². The van der Waals surface area contributed by atoms with Gasteiger partial charge < -0.3 is 15.2 Å². The highest BCUT2D eigenvalue weighted by Gasteiger charge is 2.34. The third-order valence-corrected chi connectivity index (χ3v) is 4.75. The Kier molecular flexibility index (Phi) is 3.72. The minimum Gasteiger partial charge on any atom is -0.489 e. The Bertz CT molecular complexity index is 469. The van der Waals surface area contributed by atoms with Gasteiger partial charge in [0.2, 0.25) is 0 Å². The van der Waals surface area contributed by atoms with E-state index < -0.39 is 0 Å². The van der Waals surface area contributed by atoms with Gasteiger partial charge in [0, 0.05) is 17.5 Å². The summed E-state index contributed by atoms with van der Waals surface area (Å²) in [5, 5.41) is 0. The van der Waals surface area contributed by atoms with E-state index in [-0.39, 0.29) is 5.54 Å². The van der Waals surface area contributed by atoms with Gasteiger partial charge in [-0.1, -0.05) is 25.3 Å². The number of rotatable bonds is 1. The molecule has 1 fully saturated rings. The van der Waals surface area contributed by atoms with E-state index in [0.29, 0.717) is 13.2 Å². The van der Waals surface area contributed by atoms with Crippen molar-refractivity contribution in [1.29, 1.82) is 0 Å². The van der Waals surface area contributed by atoms with Crippen molar-refractivity contribution >= 4 is 15.9 Å². The van der Waals surface area contributed by atoms with Crippen molar-refractivity contribution in [2.75, 3.05) is 13.2 Å². The van der Waals surface area contributed by atoms with Gasteiger partial charge in [0.15, 0.2) is 11.5 Å². The second kappa shape index (κ2) is 5.33. The van der Waals surface area contributed by atoms with E-state index >= 15 is 0 Å². The van der Waals surface area contributed by atoms with Crippen molar-refractivity contribution < 1.29 is 9.47 Å². The maximum atomic E-state index is 6.65. The van der Waals surface area contributed by atoms with E-state index in [2.05, 4.69) is 22.0 Å². The Balaban J connectivity index is 2.06. The number of nitrogens with two attached hydrogens (primary N) is 1. The van der Waals surface area contributed by atoms with Crippen molar-refractivity contribution in [2.45, 2.75) is 44.1 Å². The van der Waals surface area contributed by atoms with Crippen LogP contribution in [0.2, 0.25) is 0 Å². The Hall–Kier alpha value is -0.740. The highest BCUT2D eigenvalue weighted by molar-refractivity contribution is 9.10. The van der Waals surface area contributed by atoms with Gasteiger partial charge >= 0.3 is 0 Å². The Labute approximate surface area is 122 Å². The highest BCUT2D eigenvalue weighted by atomic mass is 79.9. The predicted octanol–water partition coefficient (Wildman–Crippen LogP) is 3.73. The van der Waals surface area contributed by atoms with E-state index in [0.717, 1.165) is 40.8 Å². The molecule has 1 saturated carbocycles. The van der Waals surface area contributed by atoms with Crippen LogP contribution in [0.3, 0.4) is 0 Å². The van der Waals surface area contributed by atoms with Gasteiger partial charge in [-0.2, -0.15) is 0 Å². The first-order chi connectivity index (χ1) is 9.21. The van der Waals surface area contributed by atoms with E-state index in [9.17, 15) is 0 Å². The molecule has 0 amide bonds. The lowest BCUT2D eigenvalue weighted by Gasteiger charge is -2.35. The SMILES string of the molecule is NC1(c2ccc(Br)c3c2OCCCO3)CCCCC1. The third kappa shape index (κ3) is 2.48. The molecule has 1 aliphatic carbocycles. The van der Waals surface area contributed by atoms with Crippen LogP contribution in [0.1, 0.15) is 44.1 Å². The second-order valence-corrected chi connectivity index (χ2v) is 6.37. The molecular weight excluding hydrogens is 306 g/mol. The average molecular weight is 326 g/mol. The molecular formula is C15H20BrNO2. The van der Waals surface area contributed by atoms with Crippen LogP contribution in [-0.4, -0.2) is 13.2 Å². The Morgan fingerprint density at radius 1 is 0.947 bits per heavy atom. The molecule has 1 aromatic carbocycles. The first-order valence-electron chi connectivity index (χ1n) is 7.08. The molecule has 19 heavy (non-hydrogen) atoms. The number of halogens is 1. The monoisotopic (exact) mass is 325 g/mol. The van der Waals surface area contributed by atoms with Crippen molar-refractivity contribution in [1.82, 2.24) is 0 Å². The average Bonchev–Trinajstić information content (AvgIpc) is 2.66. The molecule has 0 bridgehead atoms. The van der Waals surface area contributed by atoms with Crippen LogP contribution in [0.5, 0.6) is 11.5 Å². The minimum absolute atomic E-state index is 0.253. The van der Waals surface area contributed by atoms with Gasteiger partial charge in [-0.15, -0.1) is 0 Å². The molecule has 1 aromatic rings. The summed E-state index contributed by atoms with van der Waals surface area (Å²) in [6, 6.07) is 4.13. The Morgan fingerprint density at radius 2 is 1.63 bits per heavy atom. The summed E-state index contributed by atoms with van der Waals surface area (Å²) in [4.78, 5) is 0. The van der Waals surface area contributed by atoms with Gasteiger partial charge in [-0.05, 0) is 34.8 Å². The molecule has 104 valence electrons. The summed E-state index contributed by atoms with van der Waals surface area (Å²) < 4.78 is 12.7. The molecule has 1 aliphatic heterocycles. The van der Waals surface area contributed by atoms with Crippen LogP contribution in [0.25, 0.3) is 0 Å². The fourth-order valence-electron chi connectivity index (χ4n) is 3.07. The van der Waals surface area contributed by atoms with E-state index in [1.165, 1.54) is 19.3 Å². The lowest BCUT2D eigenvalue weighted by molar-refractivity contribution is 0.272. The van der Waals surface area contributed by atoms with E-state index in [1.54, 1.807) is 0 Å². The number of hydrogen-bond donors (Lipinski definition) is 1. The van der Waals surface area contributed by atoms with Gasteiger partial charge in [0.1, 0.15) is 0 Å². The standard InChI is InChI=1S/C15H20BrNO2/c16-12-6-5-11(15(17)7-2-1-3-8-15)13-14(12)19-10-4-9-18-13/h5-6H,1-4,7-10,17H2. The molecule has 2 N–H and O–H groups in total. The van der Waals surface area contributed by atoms with Gasteiger partial charge in [0.25, 0.3) is 0 Å². The minimum atomic E-state index is -0.253. The molecule has 0 unspecified atom stereocenters. The molecule has 1 heterocycles. The normalized spacial score (nSPS) is 21.8. The van der Waals surface area contributed by atoms with E-state index in [1.807, 2.05) is 6.07 Å². The van der Waals surface area contributed by atoms with Crippen LogP contribution in [0.4, 0.5) is 0 Å². The first kappa shape index (κ1) is 13.3. The summed E-state index contributed by atoms with van der Waals surface area (Å²) in [7, 11) is 0. The van der Waals surface area contributed by atoms with Crippen molar-refractivity contribution in [3.05, 3.63) is 22.2 Å². The molecule has 4 heteroatoms. The fourth-order valence-corrected chi connectivity index (χ4v) is 3.49. The fraction of sp³-hybridized carbons (Fsp3) is 0.600. The molecule has 2 aliphatic rings. The molecule has 0 aromatic heterocycles. The van der Waals surface area contributed by atoms with Gasteiger partial charge in [-0.25, -0.2) is 0 Å². The number of fused-ring (bicyclic) bond motifs is 1. The molecule has 0 spiro atoms. The van der Waals surface area contributed by atoms with Crippen molar-refractivity contribution in [2.24, 2.45) is 5.73 Å². The second-order valence-electron chi connectivity index (χ2n) is 5.52. The van der Waals surface area contributed by atoms with Crippen LogP contribution in [0, 0.1) is 0 Å². The lowest BCUT2D eigenvalue weighted by Crippen LogP contribution is -2.39. The van der Waals surface area contributed by atoms with Crippen molar-refractivity contribution in [3.63, 3.8) is 0 Å². The van der Waals surface area contributed by atoms with Crippen LogP contribution in [-0.2, 0) is 5.54 Å². The highest BCUT2D eigenvalue weighted by Crippen LogP contribution is 2.46. The maximum absolute atomic E-state index is 6.65. The zero-order chi connectivity index (χ0) is 13.3. The largest absolute Gasteiger partial charge is 0.489 e. The quantitative estimate of drug-likeness (QED) is 0.855. The number of hydrogen-bond acceptors (Lipinski definition) is 3. The maximum Gasteiger partial charge on any atom is 0.175 e. The predicted molar refractivity (Wildman–Crippen MR) is 78.7 cm³/mol. The zero-order valence-electron chi connectivity index (χ0n) is 11.1. The topological polar surface area (TPSA) is 44.5 Å². The zero-order valence-corrected chi connectivity index (χ0v) is 12.7. The molecule has 0 radical (unpaired) electrons. The first-order valence-corrected chi connectivity index (χ1v) is 7.87. The summed E-state index contributed by atoms with van der Waals surface area (Å²) in [5.41, 5.74) is 7.52. The molecule has 3 nitrogen and oxygen atoms in total. The summed E-state index contributed by atoms with van der Waals surface area (Å²) in [6.45, 7) is 1.40. The van der Waals surface area contributed by atoms with Gasteiger partial charge in [0.05, 0.1) is 17.7 Å². The summed E-state index contributed by atoms with van der Waals surface area (Å²) in [6.07, 6.45) is 6.66.